The minimum Gasteiger partial charge on any atom is -0.292 e. The van der Waals surface area contributed by atoms with E-state index in [0.29, 0.717) is 6.04 Å². The molecule has 1 saturated heterocycles. The predicted molar refractivity (Wildman–Crippen MR) is 74.9 cm³/mol. The molecule has 0 N–H and O–H groups in total. The Labute approximate surface area is 114 Å². The van der Waals surface area contributed by atoms with Crippen LogP contribution in [-0.4, -0.2) is 18.0 Å². The third kappa shape index (κ3) is 2.67. The molecule has 1 fully saturated rings. The normalized spacial score (nSPS) is 30.8. The third-order valence-corrected chi connectivity index (χ3v) is 3.94. The summed E-state index contributed by atoms with van der Waals surface area (Å²) in [5, 5.41) is 0.854. The molecule has 3 unspecified atom stereocenters. The Morgan fingerprint density at radius 1 is 1.24 bits per heavy atom. The van der Waals surface area contributed by atoms with Crippen LogP contribution in [0.25, 0.3) is 0 Å². The minimum absolute atomic E-state index is 0. The first kappa shape index (κ1) is 12.9. The van der Waals surface area contributed by atoms with Crippen LogP contribution < -0.4 is 0 Å². The number of rotatable bonds is 1. The zero-order chi connectivity index (χ0) is 11.0. The minimum atomic E-state index is 0. The van der Waals surface area contributed by atoms with Gasteiger partial charge in [0.25, 0.3) is 0 Å². The molecule has 2 aliphatic rings. The van der Waals surface area contributed by atoms with Crippen molar-refractivity contribution in [1.82, 2.24) is 4.90 Å². The van der Waals surface area contributed by atoms with Gasteiger partial charge in [-0.2, -0.15) is 0 Å². The fraction of sp³-hybridized carbons (Fsp3) is 0.429. The van der Waals surface area contributed by atoms with E-state index in [2.05, 4.69) is 35.3 Å². The molecule has 1 aromatic carbocycles. The van der Waals surface area contributed by atoms with Crippen molar-refractivity contribution < 1.29 is 0 Å². The van der Waals surface area contributed by atoms with E-state index in [9.17, 15) is 0 Å². The topological polar surface area (TPSA) is 3.24 Å². The molecular formula is C14H17Cl2N. The van der Waals surface area contributed by atoms with E-state index < -0.39 is 0 Å². The molecule has 3 rings (SSSR count). The molecule has 1 aromatic rings. The Kier molecular flexibility index (Phi) is 4.13. The van der Waals surface area contributed by atoms with E-state index in [4.69, 9.17) is 11.6 Å². The van der Waals surface area contributed by atoms with Crippen LogP contribution >= 0.6 is 24.0 Å². The molecule has 2 bridgehead atoms. The molecular weight excluding hydrogens is 253 g/mol. The van der Waals surface area contributed by atoms with Crippen molar-refractivity contribution in [2.24, 2.45) is 5.92 Å². The first-order valence-electron chi connectivity index (χ1n) is 5.99. The molecule has 0 saturated carbocycles. The van der Waals surface area contributed by atoms with Crippen LogP contribution in [0.5, 0.6) is 0 Å². The van der Waals surface area contributed by atoms with Gasteiger partial charge in [0.1, 0.15) is 0 Å². The van der Waals surface area contributed by atoms with E-state index in [0.717, 1.165) is 17.5 Å². The molecule has 1 nitrogen and oxygen atoms in total. The van der Waals surface area contributed by atoms with Crippen LogP contribution in [0.2, 0.25) is 5.02 Å². The summed E-state index contributed by atoms with van der Waals surface area (Å²) in [4.78, 5) is 2.57. The van der Waals surface area contributed by atoms with E-state index >= 15 is 0 Å². The van der Waals surface area contributed by atoms with Crippen LogP contribution in [0.4, 0.5) is 0 Å². The van der Waals surface area contributed by atoms with Crippen LogP contribution in [-0.2, 0) is 0 Å². The number of hydrogen-bond acceptors (Lipinski definition) is 1. The lowest BCUT2D eigenvalue weighted by Gasteiger charge is -2.41. The van der Waals surface area contributed by atoms with Crippen LogP contribution in [0, 0.1) is 5.92 Å². The van der Waals surface area contributed by atoms with Gasteiger partial charge in [0.05, 0.1) is 0 Å². The highest BCUT2D eigenvalue weighted by Crippen LogP contribution is 2.36. The van der Waals surface area contributed by atoms with Crippen molar-refractivity contribution >= 4 is 24.0 Å². The summed E-state index contributed by atoms with van der Waals surface area (Å²) in [6, 6.07) is 8.90. The summed E-state index contributed by atoms with van der Waals surface area (Å²) in [7, 11) is 0. The van der Waals surface area contributed by atoms with Gasteiger partial charge in [-0.05, 0) is 36.5 Å². The molecule has 92 valence electrons. The average Bonchev–Trinajstić information content (AvgIpc) is 2.29. The molecule has 0 amide bonds. The lowest BCUT2D eigenvalue weighted by Crippen LogP contribution is -2.40. The van der Waals surface area contributed by atoms with Gasteiger partial charge in [-0.3, -0.25) is 4.90 Å². The molecule has 0 radical (unpaired) electrons. The van der Waals surface area contributed by atoms with Gasteiger partial charge in [-0.25, -0.2) is 0 Å². The smallest absolute Gasteiger partial charge is 0.0409 e. The molecule has 0 spiro atoms. The second-order valence-electron chi connectivity index (χ2n) is 4.79. The second kappa shape index (κ2) is 5.43. The van der Waals surface area contributed by atoms with E-state index in [1.165, 1.54) is 24.9 Å². The maximum atomic E-state index is 6.07. The van der Waals surface area contributed by atoms with E-state index in [1.807, 2.05) is 6.07 Å². The van der Waals surface area contributed by atoms with Crippen molar-refractivity contribution in [3.05, 3.63) is 47.0 Å². The third-order valence-electron chi connectivity index (χ3n) is 3.70. The molecule has 0 aromatic heterocycles. The zero-order valence-corrected chi connectivity index (χ0v) is 11.3. The van der Waals surface area contributed by atoms with Gasteiger partial charge >= 0.3 is 0 Å². The Balaban J connectivity index is 0.00000108. The Morgan fingerprint density at radius 2 is 2.12 bits per heavy atom. The molecule has 3 heteroatoms. The van der Waals surface area contributed by atoms with Gasteiger partial charge in [-0.1, -0.05) is 35.9 Å². The first-order valence-corrected chi connectivity index (χ1v) is 6.37. The Bertz CT molecular complexity index is 416. The number of hydrogen-bond donors (Lipinski definition) is 0. The van der Waals surface area contributed by atoms with Crippen LogP contribution in [0.15, 0.2) is 36.4 Å². The van der Waals surface area contributed by atoms with Gasteiger partial charge in [-0.15, -0.1) is 12.4 Å². The predicted octanol–water partition coefficient (Wildman–Crippen LogP) is 4.08. The fourth-order valence-electron chi connectivity index (χ4n) is 2.91. The van der Waals surface area contributed by atoms with Crippen molar-refractivity contribution in [2.45, 2.75) is 18.9 Å². The number of halogens is 2. The Morgan fingerprint density at radius 3 is 2.94 bits per heavy atom. The highest BCUT2D eigenvalue weighted by molar-refractivity contribution is 6.30. The van der Waals surface area contributed by atoms with Gasteiger partial charge in [0.15, 0.2) is 0 Å². The maximum Gasteiger partial charge on any atom is 0.0409 e. The Hall–Kier alpha value is -0.500. The molecule has 2 heterocycles. The summed E-state index contributed by atoms with van der Waals surface area (Å²) in [6.45, 7) is 2.31. The summed E-state index contributed by atoms with van der Waals surface area (Å²) < 4.78 is 0. The zero-order valence-electron chi connectivity index (χ0n) is 9.68. The lowest BCUT2D eigenvalue weighted by molar-refractivity contribution is 0.129. The molecule has 0 aliphatic carbocycles. The monoisotopic (exact) mass is 269 g/mol. The van der Waals surface area contributed by atoms with Crippen molar-refractivity contribution in [3.8, 4) is 0 Å². The maximum absolute atomic E-state index is 6.07. The van der Waals surface area contributed by atoms with Crippen molar-refractivity contribution in [1.29, 1.82) is 0 Å². The SMILES string of the molecule is Cl.Clc1cccc(C2CCC3C=CCN2C3)c1. The summed E-state index contributed by atoms with van der Waals surface area (Å²) in [5.74, 6) is 0.782. The average molecular weight is 270 g/mol. The number of nitrogens with zero attached hydrogens (tertiary/aromatic N) is 1. The van der Waals surface area contributed by atoms with Gasteiger partial charge in [0, 0.05) is 24.2 Å². The largest absolute Gasteiger partial charge is 0.292 e. The first-order chi connectivity index (χ1) is 7.83. The highest BCUT2D eigenvalue weighted by Gasteiger charge is 2.29. The summed E-state index contributed by atoms with van der Waals surface area (Å²) in [6.07, 6.45) is 7.26. The molecule has 2 aliphatic heterocycles. The van der Waals surface area contributed by atoms with Crippen LogP contribution in [0.3, 0.4) is 0 Å². The van der Waals surface area contributed by atoms with Crippen LogP contribution in [0.1, 0.15) is 24.4 Å². The summed E-state index contributed by atoms with van der Waals surface area (Å²) >= 11 is 6.07. The van der Waals surface area contributed by atoms with Crippen molar-refractivity contribution in [3.63, 3.8) is 0 Å². The fourth-order valence-corrected chi connectivity index (χ4v) is 3.11. The lowest BCUT2D eigenvalue weighted by atomic mass is 9.87. The standard InChI is InChI=1S/C14H16ClN.ClH/c15-13-5-1-4-12(9-13)14-7-6-11-3-2-8-16(14)10-11;/h1-5,9,11,14H,6-8,10H2;1H. The molecule has 17 heavy (non-hydrogen) atoms. The highest BCUT2D eigenvalue weighted by atomic mass is 35.5. The number of fused-ring (bicyclic) bond motifs is 2. The molecule has 3 atom stereocenters. The summed E-state index contributed by atoms with van der Waals surface area (Å²) in [5.41, 5.74) is 1.38. The number of piperidine rings is 1. The number of benzene rings is 1. The van der Waals surface area contributed by atoms with E-state index in [-0.39, 0.29) is 12.4 Å². The van der Waals surface area contributed by atoms with Crippen molar-refractivity contribution in [2.75, 3.05) is 13.1 Å². The van der Waals surface area contributed by atoms with Gasteiger partial charge < -0.3 is 0 Å². The quantitative estimate of drug-likeness (QED) is 0.695. The second-order valence-corrected chi connectivity index (χ2v) is 5.23. The van der Waals surface area contributed by atoms with Gasteiger partial charge in [0.2, 0.25) is 0 Å². The van der Waals surface area contributed by atoms with E-state index in [1.54, 1.807) is 0 Å².